The summed E-state index contributed by atoms with van der Waals surface area (Å²) >= 11 is 1.58. The van der Waals surface area contributed by atoms with Gasteiger partial charge in [-0.3, -0.25) is 4.79 Å². The lowest BCUT2D eigenvalue weighted by Crippen LogP contribution is -2.10. The molecule has 1 aliphatic heterocycles. The molecule has 1 aliphatic carbocycles. The van der Waals surface area contributed by atoms with E-state index in [4.69, 9.17) is 4.98 Å². The Morgan fingerprint density at radius 1 is 0.741 bits per heavy atom. The fourth-order valence-electron chi connectivity index (χ4n) is 3.21. The topological polar surface area (TPSA) is 30.0 Å². The SMILES string of the molecule is O=c1c(C#Cc2ccccc2)c2sc3ccccc3nc-2c2ccccc12. The zero-order valence-corrected chi connectivity index (χ0v) is 15.1. The van der Waals surface area contributed by atoms with E-state index in [1.165, 1.54) is 0 Å². The van der Waals surface area contributed by atoms with Crippen LogP contribution in [0.25, 0.3) is 31.6 Å². The van der Waals surface area contributed by atoms with E-state index in [0.29, 0.717) is 10.9 Å². The van der Waals surface area contributed by atoms with Gasteiger partial charge in [0.25, 0.3) is 0 Å². The molecule has 27 heavy (non-hydrogen) atoms. The number of nitrogens with zero attached hydrogens (tertiary/aromatic N) is 1. The van der Waals surface area contributed by atoms with Gasteiger partial charge in [-0.15, -0.1) is 11.3 Å². The van der Waals surface area contributed by atoms with Gasteiger partial charge in [0.1, 0.15) is 0 Å². The predicted octanol–water partition coefficient (Wildman–Crippen LogP) is 5.31. The molecular formula is C24H13NOS. The van der Waals surface area contributed by atoms with Crippen LogP contribution in [0.1, 0.15) is 11.1 Å². The van der Waals surface area contributed by atoms with Crippen LogP contribution in [0.15, 0.2) is 83.7 Å². The third-order valence-electron chi connectivity index (χ3n) is 4.51. The van der Waals surface area contributed by atoms with E-state index in [-0.39, 0.29) is 5.43 Å². The van der Waals surface area contributed by atoms with Crippen molar-refractivity contribution in [3.63, 3.8) is 0 Å². The van der Waals surface area contributed by atoms with Gasteiger partial charge in [0.2, 0.25) is 5.43 Å². The van der Waals surface area contributed by atoms with E-state index < -0.39 is 0 Å². The Morgan fingerprint density at radius 3 is 2.30 bits per heavy atom. The minimum absolute atomic E-state index is 0.0325. The van der Waals surface area contributed by atoms with E-state index in [9.17, 15) is 4.79 Å². The van der Waals surface area contributed by atoms with Crippen molar-refractivity contribution >= 4 is 32.3 Å². The molecule has 2 nitrogen and oxygen atoms in total. The number of rotatable bonds is 0. The van der Waals surface area contributed by atoms with Crippen LogP contribution in [0.2, 0.25) is 0 Å². The lowest BCUT2D eigenvalue weighted by atomic mass is 10.0. The Labute approximate surface area is 160 Å². The maximum atomic E-state index is 13.2. The average Bonchev–Trinajstić information content (AvgIpc) is 2.73. The molecule has 0 saturated carbocycles. The average molecular weight is 363 g/mol. The molecule has 0 amide bonds. The van der Waals surface area contributed by atoms with Crippen LogP contribution in [-0.4, -0.2) is 4.98 Å². The van der Waals surface area contributed by atoms with Crippen molar-refractivity contribution in [2.45, 2.75) is 0 Å². The van der Waals surface area contributed by atoms with E-state index in [0.717, 1.165) is 31.7 Å². The lowest BCUT2D eigenvalue weighted by Gasteiger charge is -2.11. The molecule has 5 rings (SSSR count). The zero-order chi connectivity index (χ0) is 18.2. The molecule has 3 heteroatoms. The van der Waals surface area contributed by atoms with Crippen molar-refractivity contribution in [3.8, 4) is 22.4 Å². The molecule has 0 unspecified atom stereocenters. The highest BCUT2D eigenvalue weighted by Gasteiger charge is 2.19. The summed E-state index contributed by atoms with van der Waals surface area (Å²) in [6.07, 6.45) is 0. The first-order valence-electron chi connectivity index (χ1n) is 8.62. The molecule has 3 aromatic rings. The van der Waals surface area contributed by atoms with Gasteiger partial charge >= 0.3 is 0 Å². The fourth-order valence-corrected chi connectivity index (χ4v) is 4.30. The minimum atomic E-state index is -0.0325. The lowest BCUT2D eigenvalue weighted by molar-refractivity contribution is 1.43. The van der Waals surface area contributed by atoms with Crippen molar-refractivity contribution in [3.05, 3.63) is 100 Å². The molecule has 2 aliphatic rings. The first-order valence-corrected chi connectivity index (χ1v) is 9.44. The Bertz CT molecular complexity index is 1390. The van der Waals surface area contributed by atoms with E-state index in [2.05, 4.69) is 11.8 Å². The van der Waals surface area contributed by atoms with Gasteiger partial charge in [-0.05, 0) is 24.3 Å². The van der Waals surface area contributed by atoms with Gasteiger partial charge in [-0.1, -0.05) is 66.4 Å². The van der Waals surface area contributed by atoms with Gasteiger partial charge in [-0.2, -0.15) is 0 Å². The molecule has 1 heterocycles. The Morgan fingerprint density at radius 2 is 1.44 bits per heavy atom. The van der Waals surface area contributed by atoms with Gasteiger partial charge in [-0.25, -0.2) is 4.98 Å². The number of fused-ring (bicyclic) bond motifs is 4. The van der Waals surface area contributed by atoms with Crippen LogP contribution < -0.4 is 5.43 Å². The summed E-state index contributed by atoms with van der Waals surface area (Å²) in [5.41, 5.74) is 3.15. The van der Waals surface area contributed by atoms with E-state index >= 15 is 0 Å². The second kappa shape index (κ2) is 6.35. The second-order valence-electron chi connectivity index (χ2n) is 6.23. The Hall–Kier alpha value is -3.48. The van der Waals surface area contributed by atoms with E-state index in [1.54, 1.807) is 11.3 Å². The summed E-state index contributed by atoms with van der Waals surface area (Å²) in [5, 5.41) is 1.54. The Kier molecular flexibility index (Phi) is 3.71. The molecular weight excluding hydrogens is 350 g/mol. The maximum absolute atomic E-state index is 13.2. The van der Waals surface area contributed by atoms with E-state index in [1.807, 2.05) is 78.9 Å². The summed E-state index contributed by atoms with van der Waals surface area (Å²) < 4.78 is 1.04. The normalized spacial score (nSPS) is 10.8. The van der Waals surface area contributed by atoms with Crippen LogP contribution in [0, 0.1) is 11.8 Å². The summed E-state index contributed by atoms with van der Waals surface area (Å²) in [4.78, 5) is 18.9. The molecule has 0 radical (unpaired) electrons. The first-order chi connectivity index (χ1) is 13.3. The van der Waals surface area contributed by atoms with Crippen molar-refractivity contribution in [2.24, 2.45) is 0 Å². The predicted molar refractivity (Wildman–Crippen MR) is 112 cm³/mol. The molecule has 0 atom stereocenters. The van der Waals surface area contributed by atoms with Crippen LogP contribution in [0.3, 0.4) is 0 Å². The number of para-hydroxylation sites is 1. The third-order valence-corrected chi connectivity index (χ3v) is 5.68. The van der Waals surface area contributed by atoms with Crippen molar-refractivity contribution in [1.29, 1.82) is 0 Å². The number of hydrogen-bond acceptors (Lipinski definition) is 3. The summed E-state index contributed by atoms with van der Waals surface area (Å²) in [6.45, 7) is 0. The van der Waals surface area contributed by atoms with Crippen molar-refractivity contribution in [2.75, 3.05) is 0 Å². The molecule has 0 saturated heterocycles. The molecule has 0 fully saturated rings. The number of benzene rings is 4. The highest BCUT2D eigenvalue weighted by Crippen LogP contribution is 2.36. The fraction of sp³-hybridized carbons (Fsp3) is 0. The summed E-state index contributed by atoms with van der Waals surface area (Å²) in [5.74, 6) is 6.27. The highest BCUT2D eigenvalue weighted by molar-refractivity contribution is 7.21. The molecule has 0 N–H and O–H groups in total. The third kappa shape index (κ3) is 2.68. The largest absolute Gasteiger partial charge is 0.288 e. The van der Waals surface area contributed by atoms with Crippen molar-refractivity contribution < 1.29 is 0 Å². The first kappa shape index (κ1) is 15.7. The molecule has 0 aromatic heterocycles. The second-order valence-corrected chi connectivity index (χ2v) is 7.28. The molecule has 3 aromatic carbocycles. The summed E-state index contributed by atoms with van der Waals surface area (Å²) in [7, 11) is 0. The van der Waals surface area contributed by atoms with Gasteiger partial charge in [0.05, 0.1) is 26.4 Å². The number of aromatic nitrogens is 1. The van der Waals surface area contributed by atoms with Crippen LogP contribution in [-0.2, 0) is 0 Å². The molecule has 126 valence electrons. The maximum Gasteiger partial charge on any atom is 0.203 e. The highest BCUT2D eigenvalue weighted by atomic mass is 32.1. The summed E-state index contributed by atoms with van der Waals surface area (Å²) in [6, 6.07) is 25.4. The standard InChI is InChI=1S/C24H13NOS/c26-23-18-11-5-4-10-17(18)22-24(27-21-13-7-6-12-20(21)25-22)19(23)15-14-16-8-2-1-3-9-16/h1-13H. The zero-order valence-electron chi connectivity index (χ0n) is 14.3. The van der Waals surface area contributed by atoms with Gasteiger partial charge < -0.3 is 0 Å². The van der Waals surface area contributed by atoms with Gasteiger partial charge in [0, 0.05) is 16.3 Å². The molecule has 0 spiro atoms. The quantitative estimate of drug-likeness (QED) is 0.212. The molecule has 0 bridgehead atoms. The monoisotopic (exact) mass is 363 g/mol. The van der Waals surface area contributed by atoms with Crippen LogP contribution in [0.4, 0.5) is 0 Å². The van der Waals surface area contributed by atoms with Crippen molar-refractivity contribution in [1.82, 2.24) is 4.98 Å². The van der Waals surface area contributed by atoms with Crippen LogP contribution >= 0.6 is 11.3 Å². The number of hydrogen-bond donors (Lipinski definition) is 0. The smallest absolute Gasteiger partial charge is 0.203 e. The van der Waals surface area contributed by atoms with Gasteiger partial charge in [0.15, 0.2) is 0 Å². The Balaban J connectivity index is 1.91. The van der Waals surface area contributed by atoms with Crippen LogP contribution in [0.5, 0.6) is 0 Å². The minimum Gasteiger partial charge on any atom is -0.288 e.